The average molecular weight is 466 g/mol. The van der Waals surface area contributed by atoms with E-state index in [4.69, 9.17) is 11.6 Å². The molecule has 144 valence electrons. The second kappa shape index (κ2) is 7.16. The van der Waals surface area contributed by atoms with Gasteiger partial charge in [0.1, 0.15) is 15.7 Å². The van der Waals surface area contributed by atoms with Crippen LogP contribution in [0.1, 0.15) is 11.5 Å². The van der Waals surface area contributed by atoms with E-state index in [0.717, 1.165) is 6.07 Å². The summed E-state index contributed by atoms with van der Waals surface area (Å²) in [4.78, 5) is 26.6. The van der Waals surface area contributed by atoms with Gasteiger partial charge in [-0.2, -0.15) is 5.10 Å². The van der Waals surface area contributed by atoms with E-state index in [1.54, 1.807) is 7.05 Å². The number of amides is 2. The lowest BCUT2D eigenvalue weighted by Crippen LogP contribution is -2.33. The molecule has 2 aromatic rings. The molecular weight excluding hydrogens is 453 g/mol. The number of likely N-dealkylation sites (tertiary alicyclic amines) is 1. The first-order valence-electron chi connectivity index (χ1n) is 7.70. The number of nitrogens with one attached hydrogen (secondary N) is 1. The Morgan fingerprint density at radius 2 is 1.96 bits per heavy atom. The molecule has 1 saturated heterocycles. The van der Waals surface area contributed by atoms with E-state index in [-0.39, 0.29) is 11.7 Å². The third-order valence-corrected chi connectivity index (χ3v) is 5.46. The molecule has 2 amide bonds. The first kappa shape index (κ1) is 19.7. The van der Waals surface area contributed by atoms with Gasteiger partial charge in [0.05, 0.1) is 5.69 Å². The minimum Gasteiger partial charge on any atom is -0.344 e. The smallest absolute Gasteiger partial charge is 0.237 e. The van der Waals surface area contributed by atoms with Gasteiger partial charge in [0.15, 0.2) is 17.5 Å². The van der Waals surface area contributed by atoms with Crippen LogP contribution in [0, 0.1) is 23.4 Å². The maximum Gasteiger partial charge on any atom is 0.237 e. The maximum absolute atomic E-state index is 13.9. The molecule has 1 N–H and O–H groups in total. The van der Waals surface area contributed by atoms with Crippen molar-refractivity contribution in [1.29, 1.82) is 0 Å². The summed E-state index contributed by atoms with van der Waals surface area (Å²) in [5.41, 5.74) is -0.0980. The summed E-state index contributed by atoms with van der Waals surface area (Å²) in [6.07, 6.45) is 0. The Balaban J connectivity index is 1.96. The third-order valence-electron chi connectivity index (χ3n) is 4.43. The molecule has 1 aromatic heterocycles. The zero-order chi connectivity index (χ0) is 20.0. The van der Waals surface area contributed by atoms with E-state index in [1.165, 1.54) is 16.6 Å². The topological polar surface area (TPSA) is 67.2 Å². The predicted octanol–water partition coefficient (Wildman–Crippen LogP) is 3.06. The fraction of sp³-hybridized carbons (Fsp3) is 0.312. The van der Waals surface area contributed by atoms with E-state index in [9.17, 15) is 22.8 Å². The van der Waals surface area contributed by atoms with Crippen molar-refractivity contribution < 1.29 is 22.8 Å². The minimum atomic E-state index is -1.71. The van der Waals surface area contributed by atoms with Gasteiger partial charge in [0.2, 0.25) is 11.8 Å². The lowest BCUT2D eigenvalue weighted by Gasteiger charge is -2.17. The standard InChI is InChI=1S/C16H13BrClF3N4O2/c1-24-5-6(9-13(17)23-25(2)14(9)18)10(16(24)27)15(26)22-8-4-3-7(19)11(20)12(8)21/h3-4,6,10H,5H2,1-2H3,(H,22,26)/t6-,10+/m1/s1. The van der Waals surface area contributed by atoms with Crippen molar-refractivity contribution in [3.05, 3.63) is 44.9 Å². The number of nitrogens with zero attached hydrogens (tertiary/aromatic N) is 3. The Morgan fingerprint density at radius 1 is 1.30 bits per heavy atom. The van der Waals surface area contributed by atoms with Crippen molar-refractivity contribution in [2.24, 2.45) is 13.0 Å². The molecule has 0 aliphatic carbocycles. The third kappa shape index (κ3) is 3.31. The van der Waals surface area contributed by atoms with Gasteiger partial charge < -0.3 is 10.2 Å². The summed E-state index contributed by atoms with van der Waals surface area (Å²) >= 11 is 9.50. The number of benzene rings is 1. The first-order chi connectivity index (χ1) is 12.6. The molecule has 0 radical (unpaired) electrons. The number of carbonyl (C=O) groups is 2. The summed E-state index contributed by atoms with van der Waals surface area (Å²) in [5, 5.41) is 6.51. The first-order valence-corrected chi connectivity index (χ1v) is 8.87. The van der Waals surface area contributed by atoms with E-state index < -0.39 is 46.8 Å². The summed E-state index contributed by atoms with van der Waals surface area (Å²) in [6.45, 7) is 0.182. The fourth-order valence-corrected chi connectivity index (χ4v) is 4.18. The van der Waals surface area contributed by atoms with Crippen LogP contribution in [0.3, 0.4) is 0 Å². The van der Waals surface area contributed by atoms with Crippen LogP contribution < -0.4 is 5.32 Å². The van der Waals surface area contributed by atoms with Gasteiger partial charge in [-0.25, -0.2) is 13.2 Å². The van der Waals surface area contributed by atoms with Crippen LogP contribution >= 0.6 is 27.5 Å². The van der Waals surface area contributed by atoms with Crippen molar-refractivity contribution in [3.63, 3.8) is 0 Å². The Labute approximate surface area is 165 Å². The van der Waals surface area contributed by atoms with Crippen molar-refractivity contribution in [1.82, 2.24) is 14.7 Å². The lowest BCUT2D eigenvalue weighted by atomic mass is 9.89. The number of hydrogen-bond donors (Lipinski definition) is 1. The zero-order valence-corrected chi connectivity index (χ0v) is 16.4. The Bertz CT molecular complexity index is 952. The molecule has 1 aliphatic rings. The van der Waals surface area contributed by atoms with Gasteiger partial charge in [-0.3, -0.25) is 14.3 Å². The van der Waals surface area contributed by atoms with E-state index in [1.807, 2.05) is 0 Å². The van der Waals surface area contributed by atoms with Crippen LogP contribution in [0.25, 0.3) is 0 Å². The number of halogens is 5. The lowest BCUT2D eigenvalue weighted by molar-refractivity contribution is -0.135. The predicted molar refractivity (Wildman–Crippen MR) is 94.7 cm³/mol. The van der Waals surface area contributed by atoms with Gasteiger partial charge in [-0.1, -0.05) is 11.6 Å². The largest absolute Gasteiger partial charge is 0.344 e. The van der Waals surface area contributed by atoms with Gasteiger partial charge in [0, 0.05) is 32.1 Å². The fourth-order valence-electron chi connectivity index (χ4n) is 3.08. The summed E-state index contributed by atoms with van der Waals surface area (Å²) < 4.78 is 42.1. The molecule has 6 nitrogen and oxygen atoms in total. The van der Waals surface area contributed by atoms with Gasteiger partial charge >= 0.3 is 0 Å². The molecule has 1 aromatic carbocycles. The number of aryl methyl sites for hydroxylation is 1. The number of likely N-dealkylation sites (N-methyl/N-ethyl adjacent to an activating group) is 1. The molecular formula is C16H13BrClF3N4O2. The molecule has 1 fully saturated rings. The second-order valence-corrected chi connectivity index (χ2v) is 7.24. The zero-order valence-electron chi connectivity index (χ0n) is 14.1. The van der Waals surface area contributed by atoms with Gasteiger partial charge in [0.25, 0.3) is 0 Å². The maximum atomic E-state index is 13.9. The van der Waals surface area contributed by atoms with E-state index in [2.05, 4.69) is 26.3 Å². The quantitative estimate of drug-likeness (QED) is 0.560. The van der Waals surface area contributed by atoms with Crippen LogP contribution in [-0.4, -0.2) is 40.1 Å². The number of carbonyl (C=O) groups excluding carboxylic acids is 2. The van der Waals surface area contributed by atoms with E-state index >= 15 is 0 Å². The highest BCUT2D eigenvalue weighted by atomic mass is 79.9. The molecule has 27 heavy (non-hydrogen) atoms. The molecule has 0 bridgehead atoms. The number of aromatic nitrogens is 2. The number of rotatable bonds is 3. The van der Waals surface area contributed by atoms with Crippen molar-refractivity contribution in [3.8, 4) is 0 Å². The van der Waals surface area contributed by atoms with E-state index in [0.29, 0.717) is 16.2 Å². The Hall–Kier alpha value is -2.07. The van der Waals surface area contributed by atoms with Crippen LogP contribution in [0.4, 0.5) is 18.9 Å². The van der Waals surface area contributed by atoms with Crippen LogP contribution in [0.2, 0.25) is 5.15 Å². The highest BCUT2D eigenvalue weighted by Gasteiger charge is 2.46. The molecule has 0 unspecified atom stereocenters. The van der Waals surface area contributed by atoms with Gasteiger partial charge in [-0.05, 0) is 28.1 Å². The van der Waals surface area contributed by atoms with Crippen LogP contribution in [0.5, 0.6) is 0 Å². The molecule has 0 saturated carbocycles. The second-order valence-electron chi connectivity index (χ2n) is 6.13. The van der Waals surface area contributed by atoms with Crippen molar-refractivity contribution in [2.45, 2.75) is 5.92 Å². The number of hydrogen-bond acceptors (Lipinski definition) is 3. The normalized spacial score (nSPS) is 19.7. The van der Waals surface area contributed by atoms with Crippen LogP contribution in [-0.2, 0) is 16.6 Å². The van der Waals surface area contributed by atoms with Crippen molar-refractivity contribution in [2.75, 3.05) is 18.9 Å². The summed E-state index contributed by atoms with van der Waals surface area (Å²) in [7, 11) is 3.11. The van der Waals surface area contributed by atoms with Crippen molar-refractivity contribution >= 4 is 45.0 Å². The molecule has 2 heterocycles. The molecule has 3 rings (SSSR count). The SMILES string of the molecule is CN1C[C@H](c2c(Br)nn(C)c2Cl)[C@@H](C(=O)Nc2ccc(F)c(F)c2F)C1=O. The highest BCUT2D eigenvalue weighted by Crippen LogP contribution is 2.40. The minimum absolute atomic E-state index is 0.182. The molecule has 0 spiro atoms. The molecule has 2 atom stereocenters. The summed E-state index contributed by atoms with van der Waals surface area (Å²) in [5.74, 6) is -7.90. The Kier molecular flexibility index (Phi) is 5.22. The average Bonchev–Trinajstić information content (AvgIpc) is 3.03. The Morgan fingerprint density at radius 3 is 2.56 bits per heavy atom. The molecule has 1 aliphatic heterocycles. The highest BCUT2D eigenvalue weighted by molar-refractivity contribution is 9.10. The molecule has 11 heteroatoms. The van der Waals surface area contributed by atoms with Crippen LogP contribution in [0.15, 0.2) is 16.7 Å². The summed E-state index contributed by atoms with van der Waals surface area (Å²) in [6, 6.07) is 1.57. The monoisotopic (exact) mass is 464 g/mol. The van der Waals surface area contributed by atoms with Gasteiger partial charge in [-0.15, -0.1) is 0 Å². The number of anilines is 1.